The normalized spacial score (nSPS) is 11.5. The van der Waals surface area contributed by atoms with E-state index in [0.29, 0.717) is 29.0 Å². The SMILES string of the molecule is CCCC(=O)NCc1cc(CC(=O)c2c(C(F)(F)F)c(C)nn2C)ccc1Cl. The third kappa shape index (κ3) is 5.13. The zero-order valence-electron chi connectivity index (χ0n) is 15.8. The standard InChI is InChI=1S/C19H21ClF3N3O2/c1-4-5-16(28)24-10-13-8-12(6-7-14(13)20)9-15(27)18-17(19(21,22)23)11(2)25-26(18)3/h6-8H,4-5,9-10H2,1-3H3,(H,24,28). The summed E-state index contributed by atoms with van der Waals surface area (Å²) in [5, 5.41) is 6.87. The van der Waals surface area contributed by atoms with E-state index in [1.807, 2.05) is 6.92 Å². The number of alkyl halides is 3. The maximum Gasteiger partial charge on any atom is 0.420 e. The minimum absolute atomic E-state index is 0.125. The van der Waals surface area contributed by atoms with Gasteiger partial charge in [0, 0.05) is 31.5 Å². The van der Waals surface area contributed by atoms with Gasteiger partial charge in [0.1, 0.15) is 11.3 Å². The van der Waals surface area contributed by atoms with Gasteiger partial charge in [-0.15, -0.1) is 0 Å². The number of amides is 1. The van der Waals surface area contributed by atoms with Crippen LogP contribution in [0.25, 0.3) is 0 Å². The van der Waals surface area contributed by atoms with E-state index in [0.717, 1.165) is 4.68 Å². The molecule has 0 fully saturated rings. The summed E-state index contributed by atoms with van der Waals surface area (Å²) in [6.45, 7) is 3.28. The van der Waals surface area contributed by atoms with E-state index < -0.39 is 23.2 Å². The van der Waals surface area contributed by atoms with Crippen LogP contribution in [0.5, 0.6) is 0 Å². The van der Waals surface area contributed by atoms with Gasteiger partial charge < -0.3 is 5.32 Å². The molecule has 0 aliphatic rings. The average molecular weight is 416 g/mol. The number of Topliss-reactive ketones (excluding diaryl/α,β-unsaturated/α-hetero) is 1. The lowest BCUT2D eigenvalue weighted by Crippen LogP contribution is -2.22. The number of benzene rings is 1. The van der Waals surface area contributed by atoms with Crippen molar-refractivity contribution in [2.75, 3.05) is 0 Å². The molecular weight excluding hydrogens is 395 g/mol. The predicted octanol–water partition coefficient (Wildman–Crippen LogP) is 4.24. The molecule has 0 aliphatic heterocycles. The van der Waals surface area contributed by atoms with E-state index in [9.17, 15) is 22.8 Å². The van der Waals surface area contributed by atoms with Crippen molar-refractivity contribution in [1.82, 2.24) is 15.1 Å². The highest BCUT2D eigenvalue weighted by molar-refractivity contribution is 6.31. The summed E-state index contributed by atoms with van der Waals surface area (Å²) in [6, 6.07) is 4.75. The highest BCUT2D eigenvalue weighted by Crippen LogP contribution is 2.34. The average Bonchev–Trinajstić information content (AvgIpc) is 2.90. The van der Waals surface area contributed by atoms with Gasteiger partial charge in [0.05, 0.1) is 5.69 Å². The number of nitrogens with one attached hydrogen (secondary N) is 1. The number of hydrogen-bond acceptors (Lipinski definition) is 3. The van der Waals surface area contributed by atoms with E-state index in [1.54, 1.807) is 18.2 Å². The van der Waals surface area contributed by atoms with Crippen LogP contribution in [-0.4, -0.2) is 21.5 Å². The number of hydrogen-bond donors (Lipinski definition) is 1. The Bertz CT molecular complexity index is 891. The van der Waals surface area contributed by atoms with E-state index in [4.69, 9.17) is 11.6 Å². The zero-order valence-corrected chi connectivity index (χ0v) is 16.5. The molecule has 1 aromatic heterocycles. The quantitative estimate of drug-likeness (QED) is 0.688. The molecule has 0 aliphatic carbocycles. The first-order chi connectivity index (χ1) is 13.0. The first-order valence-electron chi connectivity index (χ1n) is 8.72. The number of carbonyl (C=O) groups is 2. The number of carbonyl (C=O) groups excluding carboxylic acids is 2. The van der Waals surface area contributed by atoms with Gasteiger partial charge in [0.2, 0.25) is 5.91 Å². The number of aryl methyl sites for hydroxylation is 2. The minimum atomic E-state index is -4.67. The fourth-order valence-electron chi connectivity index (χ4n) is 2.97. The Balaban J connectivity index is 2.24. The predicted molar refractivity (Wildman–Crippen MR) is 99.2 cm³/mol. The van der Waals surface area contributed by atoms with Crippen molar-refractivity contribution in [3.8, 4) is 0 Å². The maximum absolute atomic E-state index is 13.3. The van der Waals surface area contributed by atoms with Gasteiger partial charge in [-0.3, -0.25) is 14.3 Å². The Kier molecular flexibility index (Phi) is 6.87. The molecule has 1 aromatic carbocycles. The third-order valence-corrected chi connectivity index (χ3v) is 4.57. The Morgan fingerprint density at radius 1 is 1.29 bits per heavy atom. The maximum atomic E-state index is 13.3. The van der Waals surface area contributed by atoms with E-state index in [-0.39, 0.29) is 24.6 Å². The second-order valence-electron chi connectivity index (χ2n) is 6.48. The highest BCUT2D eigenvalue weighted by atomic mass is 35.5. The van der Waals surface area contributed by atoms with E-state index in [2.05, 4.69) is 10.4 Å². The Morgan fingerprint density at radius 3 is 2.57 bits per heavy atom. The molecule has 0 bridgehead atoms. The number of halogens is 4. The zero-order chi connectivity index (χ0) is 21.1. The molecule has 28 heavy (non-hydrogen) atoms. The molecule has 1 N–H and O–H groups in total. The van der Waals surface area contributed by atoms with Gasteiger partial charge >= 0.3 is 6.18 Å². The molecule has 2 rings (SSSR count). The molecule has 0 spiro atoms. The fraction of sp³-hybridized carbons (Fsp3) is 0.421. The van der Waals surface area contributed by atoms with Gasteiger partial charge in [0.25, 0.3) is 0 Å². The molecular formula is C19H21ClF3N3O2. The van der Waals surface area contributed by atoms with E-state index in [1.165, 1.54) is 14.0 Å². The Labute approximate surface area is 165 Å². The van der Waals surface area contributed by atoms with Gasteiger partial charge in [-0.1, -0.05) is 30.7 Å². The van der Waals surface area contributed by atoms with Crippen LogP contribution >= 0.6 is 11.6 Å². The summed E-state index contributed by atoms with van der Waals surface area (Å²) < 4.78 is 40.9. The number of aromatic nitrogens is 2. The second kappa shape index (κ2) is 8.77. The summed E-state index contributed by atoms with van der Waals surface area (Å²) >= 11 is 6.12. The number of nitrogens with zero attached hydrogens (tertiary/aromatic N) is 2. The van der Waals surface area contributed by atoms with Crippen molar-refractivity contribution in [2.24, 2.45) is 7.05 Å². The molecule has 1 amide bonds. The largest absolute Gasteiger partial charge is 0.420 e. The first-order valence-corrected chi connectivity index (χ1v) is 9.10. The van der Waals surface area contributed by atoms with Crippen molar-refractivity contribution in [3.63, 3.8) is 0 Å². The summed E-state index contributed by atoms with van der Waals surface area (Å²) in [4.78, 5) is 24.2. The van der Waals surface area contributed by atoms with Crippen LogP contribution in [0.3, 0.4) is 0 Å². The van der Waals surface area contributed by atoms with Gasteiger partial charge in [-0.05, 0) is 30.5 Å². The Hall–Kier alpha value is -2.35. The molecule has 5 nitrogen and oxygen atoms in total. The fourth-order valence-corrected chi connectivity index (χ4v) is 3.15. The Morgan fingerprint density at radius 2 is 1.96 bits per heavy atom. The van der Waals surface area contributed by atoms with E-state index >= 15 is 0 Å². The summed E-state index contributed by atoms with van der Waals surface area (Å²) in [6.07, 6.45) is -3.82. The van der Waals surface area contributed by atoms with Crippen LogP contribution in [0.15, 0.2) is 18.2 Å². The van der Waals surface area contributed by atoms with Crippen molar-refractivity contribution in [3.05, 3.63) is 51.3 Å². The highest BCUT2D eigenvalue weighted by Gasteiger charge is 2.40. The second-order valence-corrected chi connectivity index (χ2v) is 6.89. The van der Waals surface area contributed by atoms with Crippen LogP contribution < -0.4 is 5.32 Å². The van der Waals surface area contributed by atoms with Crippen molar-refractivity contribution in [1.29, 1.82) is 0 Å². The van der Waals surface area contributed by atoms with Crippen molar-refractivity contribution >= 4 is 23.3 Å². The van der Waals surface area contributed by atoms with Gasteiger partial charge in [0.15, 0.2) is 5.78 Å². The molecule has 2 aromatic rings. The molecule has 0 radical (unpaired) electrons. The number of rotatable bonds is 7. The third-order valence-electron chi connectivity index (χ3n) is 4.20. The van der Waals surface area contributed by atoms with Gasteiger partial charge in [-0.2, -0.15) is 18.3 Å². The monoisotopic (exact) mass is 415 g/mol. The topological polar surface area (TPSA) is 64.0 Å². The van der Waals surface area contributed by atoms with Gasteiger partial charge in [-0.25, -0.2) is 0 Å². The van der Waals surface area contributed by atoms with Crippen LogP contribution in [0.2, 0.25) is 5.02 Å². The van der Waals surface area contributed by atoms with Crippen molar-refractivity contribution < 1.29 is 22.8 Å². The summed E-state index contributed by atoms with van der Waals surface area (Å²) in [5.41, 5.74) is -0.637. The summed E-state index contributed by atoms with van der Waals surface area (Å²) in [7, 11) is 1.31. The molecule has 9 heteroatoms. The lowest BCUT2D eigenvalue weighted by Gasteiger charge is -2.11. The molecule has 0 saturated carbocycles. The smallest absolute Gasteiger partial charge is 0.352 e. The molecule has 0 saturated heterocycles. The van der Waals surface area contributed by atoms with Crippen molar-refractivity contribution in [2.45, 2.75) is 45.8 Å². The van der Waals surface area contributed by atoms with Crippen LogP contribution in [0.4, 0.5) is 13.2 Å². The van der Waals surface area contributed by atoms with Crippen LogP contribution in [0, 0.1) is 6.92 Å². The summed E-state index contributed by atoms with van der Waals surface area (Å²) in [5.74, 6) is -0.820. The molecule has 0 atom stereocenters. The van der Waals surface area contributed by atoms with Crippen LogP contribution in [0.1, 0.15) is 52.6 Å². The molecule has 152 valence electrons. The molecule has 1 heterocycles. The first kappa shape index (κ1) is 21.9. The minimum Gasteiger partial charge on any atom is -0.352 e. The lowest BCUT2D eigenvalue weighted by molar-refractivity contribution is -0.138. The van der Waals surface area contributed by atoms with Crippen LogP contribution in [-0.2, 0) is 31.0 Å². The molecule has 0 unspecified atom stereocenters. The lowest BCUT2D eigenvalue weighted by atomic mass is 10.0. The number of ketones is 1.